The van der Waals surface area contributed by atoms with Gasteiger partial charge in [0.25, 0.3) is 11.6 Å². The Bertz CT molecular complexity index is 1140. The number of aliphatic hydroxyl groups excluding tert-OH is 1. The molecule has 3 rings (SSSR count). The molecule has 0 aliphatic rings. The third kappa shape index (κ3) is 6.29. The Labute approximate surface area is 198 Å². The molecule has 0 unspecified atom stereocenters. The number of carbonyl (C=O) groups is 2. The van der Waals surface area contributed by atoms with Crippen molar-refractivity contribution in [1.82, 2.24) is 5.32 Å². The van der Waals surface area contributed by atoms with Crippen molar-refractivity contribution >= 4 is 40.8 Å². The molecule has 0 heterocycles. The maximum absolute atomic E-state index is 12.7. The van der Waals surface area contributed by atoms with Crippen LogP contribution in [-0.4, -0.2) is 34.6 Å². The number of hydrogen-bond donors (Lipinski definition) is 2. The first kappa shape index (κ1) is 24.2. The summed E-state index contributed by atoms with van der Waals surface area (Å²) in [6, 6.07) is 16.3. The van der Waals surface area contributed by atoms with Crippen molar-refractivity contribution in [3.63, 3.8) is 0 Å². The van der Waals surface area contributed by atoms with Crippen molar-refractivity contribution in [2.75, 3.05) is 6.61 Å². The summed E-state index contributed by atoms with van der Waals surface area (Å²) in [4.78, 5) is 35.9. The van der Waals surface area contributed by atoms with E-state index in [1.54, 1.807) is 12.1 Å². The van der Waals surface area contributed by atoms with Gasteiger partial charge in [-0.15, -0.1) is 0 Å². The van der Waals surface area contributed by atoms with Crippen LogP contribution in [0.25, 0.3) is 0 Å². The van der Waals surface area contributed by atoms with Gasteiger partial charge in [0.1, 0.15) is 6.10 Å². The number of aliphatic hydroxyl groups is 1. The van der Waals surface area contributed by atoms with Gasteiger partial charge >= 0.3 is 5.97 Å². The van der Waals surface area contributed by atoms with Gasteiger partial charge in [0, 0.05) is 27.7 Å². The van der Waals surface area contributed by atoms with E-state index in [9.17, 15) is 24.8 Å². The van der Waals surface area contributed by atoms with Gasteiger partial charge in [-0.05, 0) is 66.2 Å². The number of rotatable bonds is 8. The summed E-state index contributed by atoms with van der Waals surface area (Å²) in [6.45, 7) is -0.575. The molecular weight excluding hydrogens is 471 g/mol. The summed E-state index contributed by atoms with van der Waals surface area (Å²) in [5.74, 6) is -1.26. The number of esters is 1. The molecule has 33 heavy (non-hydrogen) atoms. The van der Waals surface area contributed by atoms with Crippen LogP contribution in [0.1, 0.15) is 32.4 Å². The summed E-state index contributed by atoms with van der Waals surface area (Å²) in [5.41, 5.74) is 0.669. The molecule has 170 valence electrons. The maximum Gasteiger partial charge on any atom is 0.338 e. The number of carbonyl (C=O) groups excluding carboxylic acids is 2. The molecule has 0 aliphatic heterocycles. The first-order valence-electron chi connectivity index (χ1n) is 9.66. The van der Waals surface area contributed by atoms with Gasteiger partial charge in [-0.2, -0.15) is 0 Å². The Morgan fingerprint density at radius 3 is 1.91 bits per heavy atom. The summed E-state index contributed by atoms with van der Waals surface area (Å²) >= 11 is 11.7. The van der Waals surface area contributed by atoms with Gasteiger partial charge in [0.15, 0.2) is 0 Å². The third-order valence-corrected chi connectivity index (χ3v) is 5.24. The SMILES string of the molecule is O=C(N[C@H](CO)[C@@H](OC(=O)c1ccc(Cl)cc1)c1ccc([N+](=O)[O-])cc1)c1ccc(Cl)cc1. The van der Waals surface area contributed by atoms with Crippen molar-refractivity contribution < 1.29 is 24.4 Å². The Hall–Kier alpha value is -3.46. The first-order valence-corrected chi connectivity index (χ1v) is 10.4. The van der Waals surface area contributed by atoms with Crippen molar-refractivity contribution in [3.05, 3.63) is 110 Å². The molecule has 1 amide bonds. The fourth-order valence-electron chi connectivity index (χ4n) is 3.01. The zero-order valence-electron chi connectivity index (χ0n) is 17.0. The second-order valence-electron chi connectivity index (χ2n) is 6.95. The standard InChI is InChI=1S/C23H18Cl2N2O6/c24-17-7-1-15(2-8-17)22(29)26-20(13-28)21(14-5-11-19(12-6-14)27(31)32)33-23(30)16-3-9-18(25)10-4-16/h1-12,20-21,28H,13H2,(H,26,29)/t20-,21+/m1/s1. The number of nitro benzene ring substituents is 1. The first-order chi connectivity index (χ1) is 15.8. The van der Waals surface area contributed by atoms with Gasteiger partial charge in [-0.3, -0.25) is 14.9 Å². The molecule has 10 heteroatoms. The molecule has 0 radical (unpaired) electrons. The van der Waals surface area contributed by atoms with E-state index in [-0.39, 0.29) is 16.8 Å². The van der Waals surface area contributed by atoms with Gasteiger partial charge in [-0.1, -0.05) is 23.2 Å². The van der Waals surface area contributed by atoms with Gasteiger partial charge in [0.05, 0.1) is 23.1 Å². The number of nitrogens with one attached hydrogen (secondary N) is 1. The summed E-state index contributed by atoms with van der Waals surface area (Å²) in [5, 5.41) is 24.5. The predicted molar refractivity (Wildman–Crippen MR) is 122 cm³/mol. The number of amides is 1. The van der Waals surface area contributed by atoms with Crippen molar-refractivity contribution in [2.45, 2.75) is 12.1 Å². The fourth-order valence-corrected chi connectivity index (χ4v) is 3.26. The van der Waals surface area contributed by atoms with Crippen molar-refractivity contribution in [3.8, 4) is 0 Å². The Morgan fingerprint density at radius 1 is 0.909 bits per heavy atom. The number of halogens is 2. The number of nitrogens with zero attached hydrogens (tertiary/aromatic N) is 1. The molecule has 3 aromatic carbocycles. The average molecular weight is 489 g/mol. The van der Waals surface area contributed by atoms with Crippen molar-refractivity contribution in [2.24, 2.45) is 0 Å². The van der Waals surface area contributed by atoms with Crippen LogP contribution in [0.2, 0.25) is 10.0 Å². The number of nitro groups is 1. The Morgan fingerprint density at radius 2 is 1.42 bits per heavy atom. The molecule has 2 atom stereocenters. The minimum atomic E-state index is -1.14. The molecule has 0 aromatic heterocycles. The lowest BCUT2D eigenvalue weighted by molar-refractivity contribution is -0.384. The lowest BCUT2D eigenvalue weighted by Crippen LogP contribution is -2.43. The normalized spacial score (nSPS) is 12.5. The lowest BCUT2D eigenvalue weighted by atomic mass is 10.0. The number of benzene rings is 3. The highest BCUT2D eigenvalue weighted by atomic mass is 35.5. The van der Waals surface area contributed by atoms with Crippen LogP contribution >= 0.6 is 23.2 Å². The topological polar surface area (TPSA) is 119 Å². The van der Waals surface area contributed by atoms with Crippen molar-refractivity contribution in [1.29, 1.82) is 0 Å². The summed E-state index contributed by atoms with van der Waals surface area (Å²) in [6.07, 6.45) is -1.14. The van der Waals surface area contributed by atoms with E-state index in [1.807, 2.05) is 0 Å². The van der Waals surface area contributed by atoms with E-state index < -0.39 is 35.6 Å². The van der Waals surface area contributed by atoms with Crippen LogP contribution in [-0.2, 0) is 4.74 Å². The number of non-ortho nitro benzene ring substituents is 1. The average Bonchev–Trinajstić information content (AvgIpc) is 2.82. The predicted octanol–water partition coefficient (Wildman–Crippen LogP) is 4.59. The molecule has 3 aromatic rings. The van der Waals surface area contributed by atoms with E-state index in [0.717, 1.165) is 0 Å². The molecule has 2 N–H and O–H groups in total. The molecule has 0 saturated heterocycles. The molecule has 8 nitrogen and oxygen atoms in total. The monoisotopic (exact) mass is 488 g/mol. The second-order valence-corrected chi connectivity index (χ2v) is 7.82. The van der Waals surface area contributed by atoms with Gasteiger partial charge < -0.3 is 15.2 Å². The Balaban J connectivity index is 1.90. The number of ether oxygens (including phenoxy) is 1. The zero-order valence-corrected chi connectivity index (χ0v) is 18.5. The van der Waals surface area contributed by atoms with Gasteiger partial charge in [0.2, 0.25) is 0 Å². The highest BCUT2D eigenvalue weighted by molar-refractivity contribution is 6.31. The molecule has 0 aliphatic carbocycles. The van der Waals surface area contributed by atoms with Crippen LogP contribution in [0.4, 0.5) is 5.69 Å². The molecule has 0 fully saturated rings. The summed E-state index contributed by atoms with van der Waals surface area (Å²) < 4.78 is 5.62. The van der Waals surface area contributed by atoms with E-state index in [4.69, 9.17) is 27.9 Å². The van der Waals surface area contributed by atoms with E-state index in [2.05, 4.69) is 5.32 Å². The lowest BCUT2D eigenvalue weighted by Gasteiger charge is -2.27. The molecule has 0 bridgehead atoms. The fraction of sp³-hybridized carbons (Fsp3) is 0.130. The minimum Gasteiger partial charge on any atom is -0.452 e. The van der Waals surface area contributed by atoms with Crippen LogP contribution in [0.5, 0.6) is 0 Å². The molecule has 0 spiro atoms. The minimum absolute atomic E-state index is 0.160. The quantitative estimate of drug-likeness (QED) is 0.272. The van der Waals surface area contributed by atoms with Crippen LogP contribution in [0.15, 0.2) is 72.8 Å². The van der Waals surface area contributed by atoms with E-state index in [0.29, 0.717) is 15.6 Å². The van der Waals surface area contributed by atoms with Gasteiger partial charge in [-0.25, -0.2) is 4.79 Å². The summed E-state index contributed by atoms with van der Waals surface area (Å²) in [7, 11) is 0. The second kappa shape index (κ2) is 10.9. The largest absolute Gasteiger partial charge is 0.452 e. The van der Waals surface area contributed by atoms with Crippen LogP contribution < -0.4 is 5.32 Å². The highest BCUT2D eigenvalue weighted by Crippen LogP contribution is 2.26. The molecular formula is C23H18Cl2N2O6. The highest BCUT2D eigenvalue weighted by Gasteiger charge is 2.29. The third-order valence-electron chi connectivity index (χ3n) is 4.73. The smallest absolute Gasteiger partial charge is 0.338 e. The van der Waals surface area contributed by atoms with Crippen LogP contribution in [0, 0.1) is 10.1 Å². The molecule has 0 saturated carbocycles. The van der Waals surface area contributed by atoms with E-state index in [1.165, 1.54) is 60.7 Å². The van der Waals surface area contributed by atoms with E-state index >= 15 is 0 Å². The zero-order chi connectivity index (χ0) is 24.0. The number of hydrogen-bond acceptors (Lipinski definition) is 6. The van der Waals surface area contributed by atoms with Crippen LogP contribution in [0.3, 0.4) is 0 Å². The maximum atomic E-state index is 12.7. The Kier molecular flexibility index (Phi) is 8.00.